The van der Waals surface area contributed by atoms with Crippen LogP contribution in [-0.2, 0) is 6.54 Å². The number of pyridine rings is 1. The Morgan fingerprint density at radius 3 is 2.71 bits per heavy atom. The first-order chi connectivity index (χ1) is 10.1. The van der Waals surface area contributed by atoms with E-state index in [0.29, 0.717) is 17.8 Å². The fourth-order valence-electron chi connectivity index (χ4n) is 2.35. The van der Waals surface area contributed by atoms with Crippen LogP contribution in [0.5, 0.6) is 0 Å². The molecule has 1 fully saturated rings. The van der Waals surface area contributed by atoms with Crippen molar-refractivity contribution in [2.45, 2.75) is 25.4 Å². The first-order valence-corrected chi connectivity index (χ1v) is 6.97. The SMILES string of the molecule is Nc1cccc(CN(C(=O)c2ccc(=O)[nH]c2)C2CC2)c1. The summed E-state index contributed by atoms with van der Waals surface area (Å²) in [4.78, 5) is 28.1. The molecule has 3 N–H and O–H groups in total. The lowest BCUT2D eigenvalue weighted by molar-refractivity contribution is 0.0729. The van der Waals surface area contributed by atoms with Gasteiger partial charge in [0.15, 0.2) is 0 Å². The van der Waals surface area contributed by atoms with Crippen molar-refractivity contribution in [2.75, 3.05) is 5.73 Å². The zero-order valence-electron chi connectivity index (χ0n) is 11.6. The molecular weight excluding hydrogens is 266 g/mol. The van der Waals surface area contributed by atoms with E-state index >= 15 is 0 Å². The molecule has 1 aliphatic rings. The normalized spacial score (nSPS) is 13.9. The zero-order valence-corrected chi connectivity index (χ0v) is 11.6. The largest absolute Gasteiger partial charge is 0.399 e. The molecule has 21 heavy (non-hydrogen) atoms. The highest BCUT2D eigenvalue weighted by molar-refractivity contribution is 5.94. The van der Waals surface area contributed by atoms with Gasteiger partial charge in [-0.25, -0.2) is 0 Å². The lowest BCUT2D eigenvalue weighted by atomic mass is 10.1. The number of hydrogen-bond acceptors (Lipinski definition) is 3. The molecule has 1 aliphatic carbocycles. The molecule has 0 unspecified atom stereocenters. The maximum Gasteiger partial charge on any atom is 0.255 e. The van der Waals surface area contributed by atoms with Crippen LogP contribution in [0.1, 0.15) is 28.8 Å². The van der Waals surface area contributed by atoms with Gasteiger partial charge in [0.2, 0.25) is 5.56 Å². The highest BCUT2D eigenvalue weighted by Gasteiger charge is 2.33. The second-order valence-electron chi connectivity index (χ2n) is 5.35. The van der Waals surface area contributed by atoms with Gasteiger partial charge >= 0.3 is 0 Å². The number of rotatable bonds is 4. The van der Waals surface area contributed by atoms with E-state index in [-0.39, 0.29) is 17.5 Å². The van der Waals surface area contributed by atoms with Crippen molar-refractivity contribution in [2.24, 2.45) is 0 Å². The molecule has 108 valence electrons. The van der Waals surface area contributed by atoms with Crippen LogP contribution >= 0.6 is 0 Å². The summed E-state index contributed by atoms with van der Waals surface area (Å²) in [6.45, 7) is 0.535. The van der Waals surface area contributed by atoms with Gasteiger partial charge in [0, 0.05) is 30.5 Å². The van der Waals surface area contributed by atoms with Gasteiger partial charge in [-0.1, -0.05) is 12.1 Å². The van der Waals surface area contributed by atoms with Crippen molar-refractivity contribution in [3.63, 3.8) is 0 Å². The van der Waals surface area contributed by atoms with E-state index in [0.717, 1.165) is 18.4 Å². The average Bonchev–Trinajstić information content (AvgIpc) is 3.29. The highest BCUT2D eigenvalue weighted by atomic mass is 16.2. The van der Waals surface area contributed by atoms with Crippen molar-refractivity contribution < 1.29 is 4.79 Å². The maximum atomic E-state index is 12.6. The summed E-state index contributed by atoms with van der Waals surface area (Å²) < 4.78 is 0. The van der Waals surface area contributed by atoms with E-state index < -0.39 is 0 Å². The van der Waals surface area contributed by atoms with Gasteiger partial charge in [0.05, 0.1) is 5.56 Å². The Bertz CT molecular complexity index is 699. The summed E-state index contributed by atoms with van der Waals surface area (Å²) >= 11 is 0. The molecular formula is C16H17N3O2. The van der Waals surface area contributed by atoms with Crippen LogP contribution in [0.4, 0.5) is 5.69 Å². The molecule has 0 spiro atoms. The molecule has 0 bridgehead atoms. The number of aromatic nitrogens is 1. The number of anilines is 1. The summed E-state index contributed by atoms with van der Waals surface area (Å²) in [5, 5.41) is 0. The predicted octanol–water partition coefficient (Wildman–Crippen LogP) is 1.76. The van der Waals surface area contributed by atoms with Gasteiger partial charge in [-0.15, -0.1) is 0 Å². The minimum absolute atomic E-state index is 0.0591. The third-order valence-corrected chi connectivity index (χ3v) is 3.58. The van der Waals surface area contributed by atoms with E-state index in [2.05, 4.69) is 4.98 Å². The first-order valence-electron chi connectivity index (χ1n) is 6.97. The Hall–Kier alpha value is -2.56. The summed E-state index contributed by atoms with van der Waals surface area (Å²) in [7, 11) is 0. The zero-order chi connectivity index (χ0) is 14.8. The van der Waals surface area contributed by atoms with Crippen molar-refractivity contribution in [1.29, 1.82) is 0 Å². The van der Waals surface area contributed by atoms with Gasteiger partial charge in [0.1, 0.15) is 0 Å². The third kappa shape index (κ3) is 3.13. The number of H-pyrrole nitrogens is 1. The number of nitrogens with one attached hydrogen (secondary N) is 1. The second-order valence-corrected chi connectivity index (χ2v) is 5.35. The number of benzene rings is 1. The van der Waals surface area contributed by atoms with E-state index in [4.69, 9.17) is 5.73 Å². The van der Waals surface area contributed by atoms with Crippen molar-refractivity contribution in [1.82, 2.24) is 9.88 Å². The van der Waals surface area contributed by atoms with Gasteiger partial charge < -0.3 is 15.6 Å². The van der Waals surface area contributed by atoms with Crippen LogP contribution in [0.3, 0.4) is 0 Å². The van der Waals surface area contributed by atoms with Crippen molar-refractivity contribution in [3.05, 3.63) is 64.1 Å². The predicted molar refractivity (Wildman–Crippen MR) is 80.8 cm³/mol. The average molecular weight is 283 g/mol. The number of aromatic amines is 1. The monoisotopic (exact) mass is 283 g/mol. The summed E-state index contributed by atoms with van der Waals surface area (Å²) in [6.07, 6.45) is 3.52. The molecule has 5 nitrogen and oxygen atoms in total. The molecule has 0 aliphatic heterocycles. The van der Waals surface area contributed by atoms with E-state index in [1.807, 2.05) is 29.2 Å². The standard InChI is InChI=1S/C16H17N3O2/c17-13-3-1-2-11(8-13)10-19(14-5-6-14)16(21)12-4-7-15(20)18-9-12/h1-4,7-9,14H,5-6,10,17H2,(H,18,20). The number of nitrogen functional groups attached to an aromatic ring is 1. The molecule has 1 saturated carbocycles. The molecule has 1 aromatic heterocycles. The highest BCUT2D eigenvalue weighted by Crippen LogP contribution is 2.29. The number of carbonyl (C=O) groups excluding carboxylic acids is 1. The quantitative estimate of drug-likeness (QED) is 0.839. The van der Waals surface area contributed by atoms with Crippen LogP contribution in [0, 0.1) is 0 Å². The minimum Gasteiger partial charge on any atom is -0.399 e. The Morgan fingerprint density at radius 2 is 2.10 bits per heavy atom. The molecule has 0 radical (unpaired) electrons. The minimum atomic E-state index is -0.208. The third-order valence-electron chi connectivity index (χ3n) is 3.58. The number of nitrogens with zero attached hydrogens (tertiary/aromatic N) is 1. The van der Waals surface area contributed by atoms with E-state index in [1.54, 1.807) is 6.07 Å². The van der Waals surface area contributed by atoms with Gasteiger partial charge in [-0.3, -0.25) is 9.59 Å². The molecule has 2 aromatic rings. The topological polar surface area (TPSA) is 79.2 Å². The van der Waals surface area contributed by atoms with Crippen LogP contribution in [-0.4, -0.2) is 21.8 Å². The van der Waals surface area contributed by atoms with Crippen molar-refractivity contribution >= 4 is 11.6 Å². The molecule has 0 atom stereocenters. The van der Waals surface area contributed by atoms with Crippen LogP contribution in [0.25, 0.3) is 0 Å². The van der Waals surface area contributed by atoms with Crippen LogP contribution < -0.4 is 11.3 Å². The van der Waals surface area contributed by atoms with Gasteiger partial charge in [0.25, 0.3) is 5.91 Å². The second kappa shape index (κ2) is 5.44. The molecule has 1 amide bonds. The Kier molecular flexibility index (Phi) is 3.48. The lowest BCUT2D eigenvalue weighted by Crippen LogP contribution is -2.33. The molecule has 1 aromatic carbocycles. The summed E-state index contributed by atoms with van der Waals surface area (Å²) in [5.74, 6) is -0.0591. The summed E-state index contributed by atoms with van der Waals surface area (Å²) in [5.41, 5.74) is 7.79. The first kappa shape index (κ1) is 13.4. The maximum absolute atomic E-state index is 12.6. The number of amides is 1. The van der Waals surface area contributed by atoms with E-state index in [9.17, 15) is 9.59 Å². The van der Waals surface area contributed by atoms with Crippen molar-refractivity contribution in [3.8, 4) is 0 Å². The Balaban J connectivity index is 1.83. The van der Waals surface area contributed by atoms with Gasteiger partial charge in [-0.05, 0) is 36.6 Å². The fraction of sp³-hybridized carbons (Fsp3) is 0.250. The molecule has 0 saturated heterocycles. The molecule has 3 rings (SSSR count). The molecule has 1 heterocycles. The van der Waals surface area contributed by atoms with Gasteiger partial charge in [-0.2, -0.15) is 0 Å². The van der Waals surface area contributed by atoms with Crippen LogP contribution in [0.2, 0.25) is 0 Å². The number of hydrogen-bond donors (Lipinski definition) is 2. The lowest BCUT2D eigenvalue weighted by Gasteiger charge is -2.22. The molecule has 5 heteroatoms. The Labute approximate surface area is 122 Å². The Morgan fingerprint density at radius 1 is 1.29 bits per heavy atom. The number of carbonyl (C=O) groups is 1. The summed E-state index contributed by atoms with van der Waals surface area (Å²) in [6, 6.07) is 10.8. The van der Waals surface area contributed by atoms with Crippen LogP contribution in [0.15, 0.2) is 47.4 Å². The fourth-order valence-corrected chi connectivity index (χ4v) is 2.35. The number of nitrogens with two attached hydrogens (primary N) is 1. The van der Waals surface area contributed by atoms with E-state index in [1.165, 1.54) is 12.3 Å². The smallest absolute Gasteiger partial charge is 0.255 e.